The van der Waals surface area contributed by atoms with Crippen LogP contribution in [0.5, 0.6) is 0 Å². The predicted octanol–water partition coefficient (Wildman–Crippen LogP) is 2.79. The highest BCUT2D eigenvalue weighted by atomic mass is 19.1. The van der Waals surface area contributed by atoms with Gasteiger partial charge in [-0.25, -0.2) is 4.39 Å². The molecule has 1 aromatic heterocycles. The lowest BCUT2D eigenvalue weighted by molar-refractivity contribution is -0.117. The quantitative estimate of drug-likeness (QED) is 0.770. The molecule has 3 heterocycles. The summed E-state index contributed by atoms with van der Waals surface area (Å²) in [6, 6.07) is 7.21. The van der Waals surface area contributed by atoms with E-state index in [4.69, 9.17) is 0 Å². The average molecular weight is 427 g/mol. The second kappa shape index (κ2) is 9.32. The molecule has 1 aromatic carbocycles. The van der Waals surface area contributed by atoms with Crippen LogP contribution in [0.25, 0.3) is 0 Å². The number of benzene rings is 1. The van der Waals surface area contributed by atoms with E-state index in [1.54, 1.807) is 17.2 Å². The first-order valence-corrected chi connectivity index (χ1v) is 11.1. The van der Waals surface area contributed by atoms with Gasteiger partial charge in [0.15, 0.2) is 0 Å². The number of pyridine rings is 1. The number of carbonyl (C=O) groups excluding carboxylic acids is 1. The lowest BCUT2D eigenvalue weighted by atomic mass is 9.95. The van der Waals surface area contributed by atoms with Crippen molar-refractivity contribution in [1.29, 1.82) is 0 Å². The van der Waals surface area contributed by atoms with Gasteiger partial charge in [0.1, 0.15) is 5.82 Å². The Labute approximate surface area is 183 Å². The highest BCUT2D eigenvalue weighted by Gasteiger charge is 2.25. The lowest BCUT2D eigenvalue weighted by Crippen LogP contribution is -2.44. The third-order valence-corrected chi connectivity index (χ3v) is 6.42. The van der Waals surface area contributed by atoms with E-state index in [-0.39, 0.29) is 24.2 Å². The van der Waals surface area contributed by atoms with Gasteiger partial charge in [0.05, 0.1) is 18.5 Å². The van der Waals surface area contributed by atoms with Crippen molar-refractivity contribution in [2.24, 2.45) is 0 Å². The van der Waals surface area contributed by atoms with Crippen molar-refractivity contribution in [2.75, 3.05) is 56.2 Å². The van der Waals surface area contributed by atoms with Gasteiger partial charge in [0.25, 0.3) is 0 Å². The maximum absolute atomic E-state index is 15.1. The van der Waals surface area contributed by atoms with E-state index in [2.05, 4.69) is 21.8 Å². The summed E-state index contributed by atoms with van der Waals surface area (Å²) >= 11 is 0. The van der Waals surface area contributed by atoms with Gasteiger partial charge in [-0.1, -0.05) is 13.0 Å². The van der Waals surface area contributed by atoms with Crippen LogP contribution in [0, 0.1) is 5.82 Å². The minimum atomic E-state index is -0.235. The van der Waals surface area contributed by atoms with Crippen LogP contribution in [0.2, 0.25) is 0 Å². The summed E-state index contributed by atoms with van der Waals surface area (Å²) in [6.45, 7) is 6.15. The van der Waals surface area contributed by atoms with Gasteiger partial charge in [-0.05, 0) is 37.2 Å². The van der Waals surface area contributed by atoms with Crippen LogP contribution in [0.1, 0.15) is 42.5 Å². The Kier molecular flexibility index (Phi) is 6.53. The summed E-state index contributed by atoms with van der Waals surface area (Å²) in [4.78, 5) is 23.1. The topological polar surface area (TPSA) is 59.9 Å². The standard InChI is InChI=1S/C24H31FN4O2/c1-17(16-30)24-18(13-19(15-26-24)29-8-4-7-23(29)31)14-20-21(25)5-3-6-22(20)28-11-9-27(2)10-12-28/h3,5-6,13,15,17,30H,4,7-12,14,16H2,1-2H3/t17-/m1/s1. The minimum Gasteiger partial charge on any atom is -0.396 e. The number of aromatic nitrogens is 1. The molecular formula is C24H31FN4O2. The molecule has 2 fully saturated rings. The van der Waals surface area contributed by atoms with E-state index in [1.807, 2.05) is 19.1 Å². The molecule has 0 radical (unpaired) electrons. The fraction of sp³-hybridized carbons (Fsp3) is 0.500. The fourth-order valence-corrected chi connectivity index (χ4v) is 4.51. The second-order valence-corrected chi connectivity index (χ2v) is 8.68. The van der Waals surface area contributed by atoms with Crippen LogP contribution in [-0.4, -0.2) is 67.3 Å². The Morgan fingerprint density at radius 2 is 1.97 bits per heavy atom. The second-order valence-electron chi connectivity index (χ2n) is 8.68. The fourth-order valence-electron chi connectivity index (χ4n) is 4.51. The Bertz CT molecular complexity index is 943. The zero-order valence-corrected chi connectivity index (χ0v) is 18.4. The summed E-state index contributed by atoms with van der Waals surface area (Å²) in [7, 11) is 2.10. The van der Waals surface area contributed by atoms with Crippen LogP contribution >= 0.6 is 0 Å². The van der Waals surface area contributed by atoms with Crippen molar-refractivity contribution in [2.45, 2.75) is 32.1 Å². The summed E-state index contributed by atoms with van der Waals surface area (Å²) in [5, 5.41) is 9.75. The highest BCUT2D eigenvalue weighted by molar-refractivity contribution is 5.95. The third-order valence-electron chi connectivity index (χ3n) is 6.42. The molecule has 1 atom stereocenters. The molecule has 2 saturated heterocycles. The third kappa shape index (κ3) is 4.57. The molecule has 0 spiro atoms. The molecular weight excluding hydrogens is 395 g/mol. The van der Waals surface area contributed by atoms with E-state index in [1.165, 1.54) is 6.07 Å². The summed E-state index contributed by atoms with van der Waals surface area (Å²) in [5.74, 6) is -0.307. The van der Waals surface area contributed by atoms with Crippen LogP contribution in [-0.2, 0) is 11.2 Å². The molecule has 0 unspecified atom stereocenters. The van der Waals surface area contributed by atoms with Crippen molar-refractivity contribution in [3.05, 3.63) is 53.1 Å². The van der Waals surface area contributed by atoms with Crippen molar-refractivity contribution in [1.82, 2.24) is 9.88 Å². The van der Waals surface area contributed by atoms with Gasteiger partial charge >= 0.3 is 0 Å². The molecule has 166 valence electrons. The molecule has 4 rings (SSSR count). The first kappa shape index (κ1) is 21.7. The van der Waals surface area contributed by atoms with Crippen molar-refractivity contribution in [3.8, 4) is 0 Å². The van der Waals surface area contributed by atoms with Gasteiger partial charge in [-0.2, -0.15) is 0 Å². The summed E-state index contributed by atoms with van der Waals surface area (Å²) in [5.41, 5.74) is 3.93. The Balaban J connectivity index is 1.72. The van der Waals surface area contributed by atoms with Gasteiger partial charge in [0, 0.05) is 68.4 Å². The molecule has 31 heavy (non-hydrogen) atoms. The molecule has 2 aliphatic rings. The van der Waals surface area contributed by atoms with Crippen LogP contribution in [0.4, 0.5) is 15.8 Å². The average Bonchev–Trinajstić information content (AvgIpc) is 3.21. The van der Waals surface area contributed by atoms with Gasteiger partial charge < -0.3 is 19.8 Å². The number of rotatable bonds is 6. The van der Waals surface area contributed by atoms with Crippen LogP contribution in [0.15, 0.2) is 30.5 Å². The smallest absolute Gasteiger partial charge is 0.227 e. The Morgan fingerprint density at radius 1 is 1.19 bits per heavy atom. The summed E-state index contributed by atoms with van der Waals surface area (Å²) < 4.78 is 15.1. The molecule has 0 saturated carbocycles. The molecule has 2 aliphatic heterocycles. The number of piperazine rings is 1. The molecule has 0 bridgehead atoms. The van der Waals surface area contributed by atoms with E-state index in [9.17, 15) is 9.90 Å². The highest BCUT2D eigenvalue weighted by Crippen LogP contribution is 2.31. The SMILES string of the molecule is C[C@H](CO)c1ncc(N2CCCC2=O)cc1Cc1c(F)cccc1N1CCN(C)CC1. The number of likely N-dealkylation sites (N-methyl/N-ethyl adjacent to an activating group) is 1. The van der Waals surface area contributed by atoms with Gasteiger partial charge in [0.2, 0.25) is 5.91 Å². The number of halogens is 1. The molecule has 6 nitrogen and oxygen atoms in total. The maximum Gasteiger partial charge on any atom is 0.227 e. The number of anilines is 2. The Morgan fingerprint density at radius 3 is 2.65 bits per heavy atom. The number of nitrogens with zero attached hydrogens (tertiary/aromatic N) is 4. The maximum atomic E-state index is 15.1. The number of hydrogen-bond acceptors (Lipinski definition) is 5. The minimum absolute atomic E-state index is 0.0371. The monoisotopic (exact) mass is 426 g/mol. The van der Waals surface area contributed by atoms with Crippen LogP contribution < -0.4 is 9.80 Å². The first-order chi connectivity index (χ1) is 15.0. The van der Waals surface area contributed by atoms with Crippen molar-refractivity contribution >= 4 is 17.3 Å². The zero-order chi connectivity index (χ0) is 22.0. The number of amides is 1. The number of aliphatic hydroxyl groups is 1. The Hall–Kier alpha value is -2.51. The van der Waals surface area contributed by atoms with Gasteiger partial charge in [-0.3, -0.25) is 9.78 Å². The first-order valence-electron chi connectivity index (χ1n) is 11.1. The van der Waals surface area contributed by atoms with Crippen molar-refractivity contribution < 1.29 is 14.3 Å². The number of aliphatic hydroxyl groups excluding tert-OH is 1. The molecule has 1 amide bonds. The molecule has 0 aliphatic carbocycles. The normalized spacial score (nSPS) is 18.6. The van der Waals surface area contributed by atoms with Crippen LogP contribution in [0.3, 0.4) is 0 Å². The summed E-state index contributed by atoms with van der Waals surface area (Å²) in [6.07, 6.45) is 3.46. The van der Waals surface area contributed by atoms with E-state index >= 15 is 4.39 Å². The zero-order valence-electron chi connectivity index (χ0n) is 18.4. The number of carbonyl (C=O) groups is 1. The lowest BCUT2D eigenvalue weighted by Gasteiger charge is -2.35. The molecule has 2 aromatic rings. The van der Waals surface area contributed by atoms with E-state index < -0.39 is 0 Å². The largest absolute Gasteiger partial charge is 0.396 e. The number of hydrogen-bond donors (Lipinski definition) is 1. The van der Waals surface area contributed by atoms with Crippen molar-refractivity contribution in [3.63, 3.8) is 0 Å². The predicted molar refractivity (Wildman–Crippen MR) is 120 cm³/mol. The van der Waals surface area contributed by atoms with E-state index in [0.717, 1.165) is 55.2 Å². The van der Waals surface area contributed by atoms with Gasteiger partial charge in [-0.15, -0.1) is 0 Å². The van der Waals surface area contributed by atoms with E-state index in [0.29, 0.717) is 24.9 Å². The molecule has 1 N–H and O–H groups in total. The molecule has 7 heteroatoms.